The monoisotopic (exact) mass is 620 g/mol. The van der Waals surface area contributed by atoms with Crippen LogP contribution in [0.2, 0.25) is 0 Å². The SMILES string of the molecule is CN[S+]([O-])c1cccc(-c2ccc(-c3cc(C(F)(F)F)nn3C)c(-c3oc(C)nc3-c3ccc(OC(F)(F)F)cc3)c2)c1. The van der Waals surface area contributed by atoms with Crippen LogP contribution in [0.1, 0.15) is 11.6 Å². The Balaban J connectivity index is 1.70. The smallest absolute Gasteiger partial charge is 0.573 e. The standard InChI is InChI=1S/C29H22F6N4O3S/c1-16-37-26(17-7-10-20(11-8-17)42-29(33,34)35)27(41-16)23-14-19(18-5-4-6-21(13-18)43(40)36-2)9-12-22(23)24-15-25(28(30,31)32)38-39(24)3/h4-15,36H,1-3H3. The molecule has 0 bridgehead atoms. The predicted octanol–water partition coefficient (Wildman–Crippen LogP) is 7.54. The number of alkyl halides is 6. The lowest BCUT2D eigenvalue weighted by atomic mass is 9.94. The maximum Gasteiger partial charge on any atom is 0.573 e. The van der Waals surface area contributed by atoms with Gasteiger partial charge in [-0.15, -0.1) is 17.9 Å². The van der Waals surface area contributed by atoms with E-state index in [0.29, 0.717) is 32.7 Å². The van der Waals surface area contributed by atoms with Crippen molar-refractivity contribution in [2.24, 2.45) is 7.05 Å². The van der Waals surface area contributed by atoms with E-state index >= 15 is 0 Å². The van der Waals surface area contributed by atoms with Crippen LogP contribution < -0.4 is 9.46 Å². The molecular formula is C29H22F6N4O3S. The molecule has 2 heterocycles. The van der Waals surface area contributed by atoms with Gasteiger partial charge in [0.15, 0.2) is 22.2 Å². The second kappa shape index (κ2) is 11.4. The molecule has 0 amide bonds. The average Bonchev–Trinajstić information content (AvgIpc) is 3.54. The number of hydrogen-bond acceptors (Lipinski definition) is 6. The summed E-state index contributed by atoms with van der Waals surface area (Å²) in [7, 11) is 2.93. The van der Waals surface area contributed by atoms with Gasteiger partial charge in [0, 0.05) is 43.8 Å². The van der Waals surface area contributed by atoms with Gasteiger partial charge in [-0.05, 0) is 53.6 Å². The fraction of sp³-hybridized carbons (Fsp3) is 0.172. The summed E-state index contributed by atoms with van der Waals surface area (Å²) in [5.41, 5.74) is 1.65. The molecule has 14 heteroatoms. The fourth-order valence-corrected chi connectivity index (χ4v) is 5.19. The minimum Gasteiger partial charge on any atom is -0.593 e. The summed E-state index contributed by atoms with van der Waals surface area (Å²) in [4.78, 5) is 4.94. The van der Waals surface area contributed by atoms with Crippen molar-refractivity contribution in [2.75, 3.05) is 7.05 Å². The van der Waals surface area contributed by atoms with E-state index in [1.807, 2.05) is 0 Å². The number of oxazole rings is 1. The molecule has 0 aliphatic carbocycles. The third-order valence-electron chi connectivity index (χ3n) is 6.37. The Morgan fingerprint density at radius 3 is 2.19 bits per heavy atom. The zero-order valence-electron chi connectivity index (χ0n) is 22.7. The first kappa shape index (κ1) is 30.2. The summed E-state index contributed by atoms with van der Waals surface area (Å²) in [5.74, 6) is -0.0537. The van der Waals surface area contributed by atoms with Gasteiger partial charge in [0.25, 0.3) is 0 Å². The van der Waals surface area contributed by atoms with Gasteiger partial charge >= 0.3 is 12.5 Å². The van der Waals surface area contributed by atoms with E-state index in [4.69, 9.17) is 4.42 Å². The Kier molecular flexibility index (Phi) is 8.03. The molecule has 0 aliphatic heterocycles. The van der Waals surface area contributed by atoms with Gasteiger partial charge in [-0.2, -0.15) is 18.3 Å². The normalized spacial score (nSPS) is 12.9. The molecule has 43 heavy (non-hydrogen) atoms. The third-order valence-corrected chi connectivity index (χ3v) is 7.43. The van der Waals surface area contributed by atoms with Gasteiger partial charge in [-0.25, -0.2) is 4.98 Å². The van der Waals surface area contributed by atoms with E-state index in [1.165, 1.54) is 19.2 Å². The second-order valence-electron chi connectivity index (χ2n) is 9.28. The van der Waals surface area contributed by atoms with Crippen molar-refractivity contribution in [1.29, 1.82) is 0 Å². The number of aryl methyl sites for hydroxylation is 2. The van der Waals surface area contributed by atoms with Crippen molar-refractivity contribution < 1.29 is 40.0 Å². The van der Waals surface area contributed by atoms with Crippen LogP contribution in [0.25, 0.3) is 45.0 Å². The molecule has 7 nitrogen and oxygen atoms in total. The van der Waals surface area contributed by atoms with Crippen LogP contribution >= 0.6 is 0 Å². The first-order chi connectivity index (χ1) is 20.2. The van der Waals surface area contributed by atoms with Crippen molar-refractivity contribution in [1.82, 2.24) is 19.5 Å². The summed E-state index contributed by atoms with van der Waals surface area (Å²) in [6.07, 6.45) is -9.56. The highest BCUT2D eigenvalue weighted by atomic mass is 32.2. The Bertz CT molecular complexity index is 1760. The number of halogens is 6. The number of nitrogens with one attached hydrogen (secondary N) is 1. The molecule has 224 valence electrons. The van der Waals surface area contributed by atoms with Gasteiger partial charge in [-0.1, -0.05) is 24.3 Å². The number of nitrogens with zero attached hydrogens (tertiary/aromatic N) is 3. The van der Waals surface area contributed by atoms with Gasteiger partial charge < -0.3 is 13.7 Å². The van der Waals surface area contributed by atoms with Gasteiger partial charge in [-0.3, -0.25) is 4.68 Å². The van der Waals surface area contributed by atoms with Crippen LogP contribution in [0.3, 0.4) is 0 Å². The van der Waals surface area contributed by atoms with Gasteiger partial charge in [0.1, 0.15) is 11.4 Å². The highest BCUT2D eigenvalue weighted by Gasteiger charge is 2.35. The molecule has 5 rings (SSSR count). The van der Waals surface area contributed by atoms with E-state index < -0.39 is 35.3 Å². The molecule has 1 N–H and O–H groups in total. The zero-order valence-corrected chi connectivity index (χ0v) is 23.5. The van der Waals surface area contributed by atoms with Crippen molar-refractivity contribution in [2.45, 2.75) is 24.4 Å². The summed E-state index contributed by atoms with van der Waals surface area (Å²) in [5, 5.41) is 3.64. The number of benzene rings is 3. The molecule has 0 aliphatic rings. The van der Waals surface area contributed by atoms with Crippen molar-refractivity contribution in [3.63, 3.8) is 0 Å². The Morgan fingerprint density at radius 1 is 0.884 bits per heavy atom. The molecule has 1 atom stereocenters. The lowest BCUT2D eigenvalue weighted by Gasteiger charge is -2.13. The minimum atomic E-state index is -4.87. The van der Waals surface area contributed by atoms with Crippen molar-refractivity contribution >= 4 is 11.4 Å². The van der Waals surface area contributed by atoms with Crippen LogP contribution in [-0.2, 0) is 24.6 Å². The molecule has 0 spiro atoms. The van der Waals surface area contributed by atoms with E-state index in [2.05, 4.69) is 19.5 Å². The third kappa shape index (κ3) is 6.55. The van der Waals surface area contributed by atoms with Crippen LogP contribution in [-0.4, -0.2) is 32.7 Å². The van der Waals surface area contributed by atoms with Gasteiger partial charge in [0.05, 0.1) is 17.1 Å². The topological polar surface area (TPSA) is 88.2 Å². The van der Waals surface area contributed by atoms with Crippen molar-refractivity contribution in [3.8, 4) is 50.7 Å². The fourth-order valence-electron chi connectivity index (χ4n) is 4.52. The molecule has 0 saturated carbocycles. The van der Waals surface area contributed by atoms with Crippen LogP contribution in [0, 0.1) is 6.92 Å². The molecular weight excluding hydrogens is 598 g/mol. The lowest BCUT2D eigenvalue weighted by Crippen LogP contribution is -2.18. The molecule has 5 aromatic rings. The van der Waals surface area contributed by atoms with Crippen LogP contribution in [0.15, 0.2) is 82.1 Å². The largest absolute Gasteiger partial charge is 0.593 e. The van der Waals surface area contributed by atoms with Crippen LogP contribution in [0.5, 0.6) is 5.75 Å². The zero-order chi connectivity index (χ0) is 31.1. The van der Waals surface area contributed by atoms with E-state index in [0.717, 1.165) is 22.9 Å². The lowest BCUT2D eigenvalue weighted by molar-refractivity contribution is -0.274. The average molecular weight is 621 g/mol. The van der Waals surface area contributed by atoms with E-state index in [1.54, 1.807) is 56.4 Å². The summed E-state index contributed by atoms with van der Waals surface area (Å²) in [6.45, 7) is 1.57. The number of rotatable bonds is 7. The summed E-state index contributed by atoms with van der Waals surface area (Å²) in [6, 6.07) is 17.8. The number of aromatic nitrogens is 3. The molecule has 0 saturated heterocycles. The first-order valence-corrected chi connectivity index (χ1v) is 13.7. The minimum absolute atomic E-state index is 0.132. The Labute approximate surface area is 244 Å². The highest BCUT2D eigenvalue weighted by Crippen LogP contribution is 2.42. The Hall–Kier alpha value is -4.27. The predicted molar refractivity (Wildman–Crippen MR) is 147 cm³/mol. The van der Waals surface area contributed by atoms with Gasteiger partial charge in [0.2, 0.25) is 0 Å². The maximum absolute atomic E-state index is 13.5. The highest BCUT2D eigenvalue weighted by molar-refractivity contribution is 7.89. The summed E-state index contributed by atoms with van der Waals surface area (Å²) >= 11 is -1.47. The van der Waals surface area contributed by atoms with E-state index in [-0.39, 0.29) is 23.0 Å². The molecule has 2 aromatic heterocycles. The number of ether oxygens (including phenoxy) is 1. The van der Waals surface area contributed by atoms with Crippen molar-refractivity contribution in [3.05, 3.63) is 84.4 Å². The maximum atomic E-state index is 13.5. The Morgan fingerprint density at radius 2 is 1.56 bits per heavy atom. The number of hydrogen-bond donors (Lipinski definition) is 1. The second-order valence-corrected chi connectivity index (χ2v) is 10.7. The first-order valence-electron chi connectivity index (χ1n) is 12.5. The van der Waals surface area contributed by atoms with Crippen LogP contribution in [0.4, 0.5) is 26.3 Å². The summed E-state index contributed by atoms with van der Waals surface area (Å²) < 4.78 is 105. The molecule has 3 aromatic carbocycles. The molecule has 0 fully saturated rings. The molecule has 0 radical (unpaired) electrons. The van der Waals surface area contributed by atoms with E-state index in [9.17, 15) is 30.9 Å². The quantitative estimate of drug-likeness (QED) is 0.149. The molecule has 1 unspecified atom stereocenters.